The lowest BCUT2D eigenvalue weighted by atomic mass is 9.96. The van der Waals surface area contributed by atoms with Crippen molar-refractivity contribution < 1.29 is 13.9 Å². The highest BCUT2D eigenvalue weighted by Gasteiger charge is 2.14. The first kappa shape index (κ1) is 10.1. The number of allylic oxidation sites excluding steroid dienone is 1. The van der Waals surface area contributed by atoms with E-state index >= 15 is 0 Å². The molecule has 0 aromatic heterocycles. The van der Waals surface area contributed by atoms with Crippen molar-refractivity contribution in [3.05, 3.63) is 11.9 Å². The zero-order chi connectivity index (χ0) is 9.07. The van der Waals surface area contributed by atoms with Gasteiger partial charge in [-0.25, -0.2) is 4.79 Å². The topological polar surface area (TPSA) is 26.3 Å². The number of methoxy groups -OCH3 is 1. The van der Waals surface area contributed by atoms with Crippen molar-refractivity contribution in [2.45, 2.75) is 20.8 Å². The molecule has 0 heterocycles. The van der Waals surface area contributed by atoms with Gasteiger partial charge in [0.1, 0.15) is 0 Å². The Hall–Kier alpha value is -0.860. The Morgan fingerprint density at radius 2 is 1.91 bits per heavy atom. The summed E-state index contributed by atoms with van der Waals surface area (Å²) in [7, 11) is 1.15. The average Bonchev–Trinajstić information content (AvgIpc) is 1.82. The van der Waals surface area contributed by atoms with Gasteiger partial charge in [0.15, 0.2) is 0 Å². The molecular formula is C8H13FO2. The summed E-state index contributed by atoms with van der Waals surface area (Å²) in [6, 6.07) is 0. The summed E-state index contributed by atoms with van der Waals surface area (Å²) >= 11 is 0. The number of hydrogen-bond donors (Lipinski definition) is 0. The second-order valence-corrected chi connectivity index (χ2v) is 3.35. The third-order valence-electron chi connectivity index (χ3n) is 0.940. The van der Waals surface area contributed by atoms with E-state index < -0.39 is 11.8 Å². The highest BCUT2D eigenvalue weighted by atomic mass is 19.1. The quantitative estimate of drug-likeness (QED) is 0.433. The Morgan fingerprint density at radius 3 is 2.18 bits per heavy atom. The first-order chi connectivity index (χ1) is 4.87. The van der Waals surface area contributed by atoms with Crippen LogP contribution in [0.25, 0.3) is 0 Å². The van der Waals surface area contributed by atoms with Crippen LogP contribution in [0.4, 0.5) is 4.39 Å². The molecule has 0 aliphatic carbocycles. The molecule has 3 heteroatoms. The highest BCUT2D eigenvalue weighted by molar-refractivity contribution is 5.85. The lowest BCUT2D eigenvalue weighted by molar-refractivity contribution is -0.137. The summed E-state index contributed by atoms with van der Waals surface area (Å²) in [6.07, 6.45) is 1.23. The van der Waals surface area contributed by atoms with Crippen LogP contribution in [0.15, 0.2) is 11.9 Å². The molecule has 0 radical (unpaired) electrons. The maximum Gasteiger partial charge on any atom is 0.366 e. The molecule has 2 nitrogen and oxygen atoms in total. The highest BCUT2D eigenvalue weighted by Crippen LogP contribution is 2.18. The van der Waals surface area contributed by atoms with Crippen molar-refractivity contribution in [3.8, 4) is 0 Å². The van der Waals surface area contributed by atoms with Crippen LogP contribution < -0.4 is 0 Å². The molecule has 0 unspecified atom stereocenters. The predicted octanol–water partition coefficient (Wildman–Crippen LogP) is 2.06. The number of carbonyl (C=O) groups is 1. The van der Waals surface area contributed by atoms with Gasteiger partial charge in [-0.05, 0) is 11.5 Å². The molecule has 0 aliphatic heterocycles. The second-order valence-electron chi connectivity index (χ2n) is 3.35. The van der Waals surface area contributed by atoms with Crippen LogP contribution in [-0.2, 0) is 9.53 Å². The molecule has 0 aliphatic rings. The molecule has 0 fully saturated rings. The van der Waals surface area contributed by atoms with Crippen molar-refractivity contribution in [1.82, 2.24) is 0 Å². The fourth-order valence-corrected chi connectivity index (χ4v) is 0.537. The minimum atomic E-state index is -0.917. The lowest BCUT2D eigenvalue weighted by Gasteiger charge is -2.11. The van der Waals surface area contributed by atoms with Crippen molar-refractivity contribution in [1.29, 1.82) is 0 Å². The summed E-state index contributed by atoms with van der Waals surface area (Å²) in [5.41, 5.74) is -0.335. The number of carbonyl (C=O) groups excluding carboxylic acids is 1. The van der Waals surface area contributed by atoms with Crippen LogP contribution in [0.3, 0.4) is 0 Å². The zero-order valence-corrected chi connectivity index (χ0v) is 7.27. The number of hydrogen-bond acceptors (Lipinski definition) is 2. The van der Waals surface area contributed by atoms with E-state index in [1.807, 2.05) is 0 Å². The molecule has 0 spiro atoms. The Kier molecular flexibility index (Phi) is 3.23. The first-order valence-corrected chi connectivity index (χ1v) is 3.33. The van der Waals surface area contributed by atoms with E-state index in [2.05, 4.69) is 4.74 Å². The molecule has 0 bridgehead atoms. The van der Waals surface area contributed by atoms with Crippen LogP contribution >= 0.6 is 0 Å². The van der Waals surface area contributed by atoms with Crippen LogP contribution in [0.5, 0.6) is 0 Å². The predicted molar refractivity (Wildman–Crippen MR) is 40.7 cm³/mol. The fraction of sp³-hybridized carbons (Fsp3) is 0.625. The van der Waals surface area contributed by atoms with E-state index in [0.29, 0.717) is 0 Å². The normalized spacial score (nSPS) is 13.0. The van der Waals surface area contributed by atoms with Gasteiger partial charge in [-0.15, -0.1) is 0 Å². The molecule has 0 aromatic carbocycles. The third kappa shape index (κ3) is 4.53. The largest absolute Gasteiger partial charge is 0.464 e. The van der Waals surface area contributed by atoms with E-state index in [0.717, 1.165) is 7.11 Å². The molecule has 0 atom stereocenters. The molecule has 11 heavy (non-hydrogen) atoms. The zero-order valence-electron chi connectivity index (χ0n) is 7.27. The molecule has 0 amide bonds. The fourth-order valence-electron chi connectivity index (χ4n) is 0.537. The van der Waals surface area contributed by atoms with Gasteiger partial charge in [-0.3, -0.25) is 0 Å². The molecular weight excluding hydrogens is 147 g/mol. The van der Waals surface area contributed by atoms with Crippen LogP contribution in [0.2, 0.25) is 0 Å². The van der Waals surface area contributed by atoms with E-state index in [9.17, 15) is 9.18 Å². The number of esters is 1. The van der Waals surface area contributed by atoms with Gasteiger partial charge in [0, 0.05) is 0 Å². The standard InChI is InChI=1S/C8H13FO2/c1-8(2,3)5-6(9)7(10)11-4/h5H,1-4H3. The Morgan fingerprint density at radius 1 is 1.45 bits per heavy atom. The molecule has 0 rings (SSSR count). The average molecular weight is 160 g/mol. The smallest absolute Gasteiger partial charge is 0.366 e. The molecule has 0 aromatic rings. The minimum Gasteiger partial charge on any atom is -0.464 e. The summed E-state index contributed by atoms with van der Waals surface area (Å²) in [5.74, 6) is -1.75. The minimum absolute atomic E-state index is 0.335. The van der Waals surface area contributed by atoms with E-state index in [1.54, 1.807) is 20.8 Å². The molecule has 0 N–H and O–H groups in total. The van der Waals surface area contributed by atoms with Crippen LogP contribution in [0.1, 0.15) is 20.8 Å². The first-order valence-electron chi connectivity index (χ1n) is 3.33. The monoisotopic (exact) mass is 160 g/mol. The summed E-state index contributed by atoms with van der Waals surface area (Å²) in [4.78, 5) is 10.5. The Balaban J connectivity index is 4.34. The van der Waals surface area contributed by atoms with Gasteiger partial charge in [-0.2, -0.15) is 4.39 Å². The number of halogens is 1. The van der Waals surface area contributed by atoms with Gasteiger partial charge >= 0.3 is 5.97 Å². The Labute approximate surface area is 66.0 Å². The maximum absolute atomic E-state index is 12.7. The molecule has 0 saturated carbocycles. The number of ether oxygens (including phenoxy) is 1. The third-order valence-corrected chi connectivity index (χ3v) is 0.940. The van der Waals surface area contributed by atoms with Gasteiger partial charge < -0.3 is 4.74 Å². The summed E-state index contributed by atoms with van der Waals surface area (Å²) < 4.78 is 16.9. The van der Waals surface area contributed by atoms with Crippen molar-refractivity contribution >= 4 is 5.97 Å². The van der Waals surface area contributed by atoms with E-state index in [-0.39, 0.29) is 5.41 Å². The van der Waals surface area contributed by atoms with Crippen LogP contribution in [0, 0.1) is 5.41 Å². The summed E-state index contributed by atoms with van der Waals surface area (Å²) in [5, 5.41) is 0. The van der Waals surface area contributed by atoms with Gasteiger partial charge in [0.2, 0.25) is 5.83 Å². The maximum atomic E-state index is 12.7. The van der Waals surface area contributed by atoms with Gasteiger partial charge in [0.05, 0.1) is 7.11 Å². The lowest BCUT2D eigenvalue weighted by Crippen LogP contribution is -2.06. The van der Waals surface area contributed by atoms with Crippen molar-refractivity contribution in [2.75, 3.05) is 7.11 Å². The number of rotatable bonds is 1. The second kappa shape index (κ2) is 3.51. The molecule has 0 saturated heterocycles. The van der Waals surface area contributed by atoms with E-state index in [1.165, 1.54) is 6.08 Å². The van der Waals surface area contributed by atoms with Gasteiger partial charge in [-0.1, -0.05) is 20.8 Å². The van der Waals surface area contributed by atoms with E-state index in [4.69, 9.17) is 0 Å². The van der Waals surface area contributed by atoms with Crippen LogP contribution in [-0.4, -0.2) is 13.1 Å². The molecule has 64 valence electrons. The summed E-state index contributed by atoms with van der Waals surface area (Å²) in [6.45, 7) is 5.40. The van der Waals surface area contributed by atoms with Gasteiger partial charge in [0.25, 0.3) is 0 Å². The van der Waals surface area contributed by atoms with Crippen molar-refractivity contribution in [2.24, 2.45) is 5.41 Å². The van der Waals surface area contributed by atoms with Crippen molar-refractivity contribution in [3.63, 3.8) is 0 Å². The Bertz CT molecular complexity index is 177. The SMILES string of the molecule is COC(=O)C(F)=CC(C)(C)C.